The van der Waals surface area contributed by atoms with Crippen LogP contribution in [0.5, 0.6) is 0 Å². The van der Waals surface area contributed by atoms with E-state index in [2.05, 4.69) is 0 Å². The summed E-state index contributed by atoms with van der Waals surface area (Å²) in [5.41, 5.74) is 1.37. The summed E-state index contributed by atoms with van der Waals surface area (Å²) in [5, 5.41) is 0. The van der Waals surface area contributed by atoms with E-state index < -0.39 is 8.63 Å². The second kappa shape index (κ2) is 4.46. The fourth-order valence-electron chi connectivity index (χ4n) is 0.818. The van der Waals surface area contributed by atoms with Gasteiger partial charge in [0.05, 0.1) is 0 Å². The Bertz CT molecular complexity index is 272. The Hall–Kier alpha value is 0.670. The zero-order chi connectivity index (χ0) is 10.1. The van der Waals surface area contributed by atoms with Crippen LogP contribution in [0.1, 0.15) is 16.0 Å². The molecule has 0 amide bonds. The molecule has 1 rings (SSSR count). The first kappa shape index (κ1) is 11.7. The van der Waals surface area contributed by atoms with Crippen molar-refractivity contribution in [3.05, 3.63) is 35.4 Å². The quantitative estimate of drug-likeness (QED) is 0.635. The molecule has 0 bridgehead atoms. The van der Waals surface area contributed by atoms with Crippen LogP contribution < -0.4 is 0 Å². The molecule has 0 aliphatic heterocycles. The molecule has 0 spiro atoms. The van der Waals surface area contributed by atoms with Gasteiger partial charge in [0.25, 0.3) is 0 Å². The molecule has 0 fully saturated rings. The molecule has 0 N–H and O–H groups in total. The molecule has 0 unspecified atom stereocenters. The van der Waals surface area contributed by atoms with Crippen LogP contribution >= 0.6 is 58.0 Å². The Morgan fingerprint density at radius 1 is 0.923 bits per heavy atom. The Labute approximate surface area is 102 Å². The van der Waals surface area contributed by atoms with Crippen LogP contribution in [0, 0.1) is 0 Å². The van der Waals surface area contributed by atoms with Crippen LogP contribution in [0.3, 0.4) is 0 Å². The first-order chi connectivity index (χ1) is 5.91. The molecular weight excluding hydrogens is 273 g/mol. The van der Waals surface area contributed by atoms with Gasteiger partial charge in [-0.3, -0.25) is 0 Å². The van der Waals surface area contributed by atoms with Crippen LogP contribution in [-0.4, -0.2) is 0 Å². The highest BCUT2D eigenvalue weighted by atomic mass is 35.6. The minimum Gasteiger partial charge on any atom is -0.100 e. The van der Waals surface area contributed by atoms with E-state index in [1.807, 2.05) is 0 Å². The predicted octanol–water partition coefficient (Wildman–Crippen LogP) is 4.99. The van der Waals surface area contributed by atoms with E-state index in [0.717, 1.165) is 5.56 Å². The summed E-state index contributed by atoms with van der Waals surface area (Å²) in [7, 11) is 0. The second-order valence-corrected chi connectivity index (χ2v) is 5.80. The van der Waals surface area contributed by atoms with Crippen molar-refractivity contribution in [1.29, 1.82) is 0 Å². The van der Waals surface area contributed by atoms with Crippen molar-refractivity contribution in [2.45, 2.75) is 8.63 Å². The van der Waals surface area contributed by atoms with Gasteiger partial charge in [-0.1, -0.05) is 59.1 Å². The SMILES string of the molecule is ClC(Cl)c1ccc(C(Cl)(Cl)Cl)cc1. The van der Waals surface area contributed by atoms with Crippen molar-refractivity contribution in [3.63, 3.8) is 0 Å². The molecule has 0 heterocycles. The number of halogens is 5. The molecule has 1 aromatic carbocycles. The molecule has 5 heteroatoms. The van der Waals surface area contributed by atoms with Crippen molar-refractivity contribution >= 4 is 58.0 Å². The minimum atomic E-state index is -1.40. The number of rotatable bonds is 1. The number of hydrogen-bond acceptors (Lipinski definition) is 0. The van der Waals surface area contributed by atoms with E-state index in [4.69, 9.17) is 58.0 Å². The van der Waals surface area contributed by atoms with Gasteiger partial charge in [0.2, 0.25) is 3.79 Å². The standard InChI is InChI=1S/C8H5Cl5/c9-7(10)5-1-3-6(4-2-5)8(11,12)13/h1-4,7H. The normalized spacial score (nSPS) is 12.2. The van der Waals surface area contributed by atoms with Gasteiger partial charge in [0.15, 0.2) is 0 Å². The highest BCUT2D eigenvalue weighted by Gasteiger charge is 2.22. The Morgan fingerprint density at radius 3 is 1.69 bits per heavy atom. The average Bonchev–Trinajstić information content (AvgIpc) is 2.03. The average molecular weight is 278 g/mol. The van der Waals surface area contributed by atoms with Crippen molar-refractivity contribution < 1.29 is 0 Å². The third-order valence-corrected chi connectivity index (χ3v) is 2.65. The van der Waals surface area contributed by atoms with Crippen molar-refractivity contribution in [1.82, 2.24) is 0 Å². The van der Waals surface area contributed by atoms with E-state index in [9.17, 15) is 0 Å². The third kappa shape index (κ3) is 3.38. The summed E-state index contributed by atoms with van der Waals surface area (Å²) in [6, 6.07) is 6.81. The van der Waals surface area contributed by atoms with Crippen LogP contribution in [0.2, 0.25) is 0 Å². The fourth-order valence-corrected chi connectivity index (χ4v) is 1.49. The second-order valence-electron chi connectivity index (χ2n) is 2.42. The van der Waals surface area contributed by atoms with E-state index in [1.54, 1.807) is 24.3 Å². The van der Waals surface area contributed by atoms with Crippen LogP contribution in [0.15, 0.2) is 24.3 Å². The van der Waals surface area contributed by atoms with E-state index >= 15 is 0 Å². The molecule has 0 saturated heterocycles. The molecule has 72 valence electrons. The van der Waals surface area contributed by atoms with Gasteiger partial charge in [0, 0.05) is 5.56 Å². The van der Waals surface area contributed by atoms with Crippen LogP contribution in [0.25, 0.3) is 0 Å². The van der Waals surface area contributed by atoms with Gasteiger partial charge in [-0.15, -0.1) is 23.2 Å². The maximum atomic E-state index is 5.66. The Kier molecular flexibility index (Phi) is 4.03. The molecule has 1 aromatic rings. The van der Waals surface area contributed by atoms with Crippen LogP contribution in [-0.2, 0) is 3.79 Å². The summed E-state index contributed by atoms with van der Waals surface area (Å²) in [6.07, 6.45) is 0. The lowest BCUT2D eigenvalue weighted by Gasteiger charge is -2.11. The first-order valence-corrected chi connectivity index (χ1v) is 5.37. The molecule has 0 nitrogen and oxygen atoms in total. The molecule has 0 saturated carbocycles. The lowest BCUT2D eigenvalue weighted by molar-refractivity contribution is 1.22. The number of hydrogen-bond donors (Lipinski definition) is 0. The zero-order valence-electron chi connectivity index (χ0n) is 6.28. The predicted molar refractivity (Wildman–Crippen MR) is 60.1 cm³/mol. The maximum absolute atomic E-state index is 5.66. The fraction of sp³-hybridized carbons (Fsp3) is 0.250. The monoisotopic (exact) mass is 276 g/mol. The summed E-state index contributed by atoms with van der Waals surface area (Å²) in [5.74, 6) is 0. The molecule has 0 aliphatic rings. The molecule has 0 aromatic heterocycles. The van der Waals surface area contributed by atoms with Gasteiger partial charge < -0.3 is 0 Å². The lowest BCUT2D eigenvalue weighted by Crippen LogP contribution is -1.99. The first-order valence-electron chi connectivity index (χ1n) is 3.36. The van der Waals surface area contributed by atoms with Crippen molar-refractivity contribution in [3.8, 4) is 0 Å². The number of alkyl halides is 5. The minimum absolute atomic E-state index is 0.551. The van der Waals surface area contributed by atoms with Gasteiger partial charge in [-0.05, 0) is 5.56 Å². The van der Waals surface area contributed by atoms with Crippen LogP contribution in [0.4, 0.5) is 0 Å². The smallest absolute Gasteiger partial charge is 0.100 e. The highest BCUT2D eigenvalue weighted by molar-refractivity contribution is 6.66. The molecule has 0 aliphatic carbocycles. The topological polar surface area (TPSA) is 0 Å². The van der Waals surface area contributed by atoms with E-state index in [1.165, 1.54) is 0 Å². The third-order valence-electron chi connectivity index (χ3n) is 1.49. The van der Waals surface area contributed by atoms with Gasteiger partial charge in [0.1, 0.15) is 4.84 Å². The summed E-state index contributed by atoms with van der Waals surface area (Å²) in [6.45, 7) is 0. The van der Waals surface area contributed by atoms with E-state index in [0.29, 0.717) is 5.56 Å². The molecule has 0 atom stereocenters. The Balaban J connectivity index is 2.94. The lowest BCUT2D eigenvalue weighted by atomic mass is 10.2. The van der Waals surface area contributed by atoms with E-state index in [-0.39, 0.29) is 0 Å². The summed E-state index contributed by atoms with van der Waals surface area (Å²) >= 11 is 28.2. The highest BCUT2D eigenvalue weighted by Crippen LogP contribution is 2.38. The van der Waals surface area contributed by atoms with Gasteiger partial charge >= 0.3 is 0 Å². The van der Waals surface area contributed by atoms with Gasteiger partial charge in [-0.25, -0.2) is 0 Å². The molecule has 13 heavy (non-hydrogen) atoms. The zero-order valence-corrected chi connectivity index (χ0v) is 10.1. The Morgan fingerprint density at radius 2 is 1.38 bits per heavy atom. The maximum Gasteiger partial charge on any atom is 0.216 e. The largest absolute Gasteiger partial charge is 0.216 e. The molecule has 0 radical (unpaired) electrons. The van der Waals surface area contributed by atoms with Crippen molar-refractivity contribution in [2.75, 3.05) is 0 Å². The van der Waals surface area contributed by atoms with Gasteiger partial charge in [-0.2, -0.15) is 0 Å². The number of benzene rings is 1. The summed E-state index contributed by atoms with van der Waals surface area (Å²) < 4.78 is -1.40. The molecular formula is C8H5Cl5. The summed E-state index contributed by atoms with van der Waals surface area (Å²) in [4.78, 5) is -0.551. The van der Waals surface area contributed by atoms with Crippen molar-refractivity contribution in [2.24, 2.45) is 0 Å².